The maximum atomic E-state index is 12.9. The number of amides is 1. The zero-order valence-electron chi connectivity index (χ0n) is 13.1. The molecule has 1 aliphatic heterocycles. The molecule has 0 saturated carbocycles. The van der Waals surface area contributed by atoms with Gasteiger partial charge < -0.3 is 4.90 Å². The molecule has 2 aromatic carbocycles. The Bertz CT molecular complexity index is 879. The van der Waals surface area contributed by atoms with Crippen LogP contribution in [-0.2, 0) is 21.2 Å². The first kappa shape index (κ1) is 16.4. The fraction of sp³-hybridized carbons (Fsp3) is 0.235. The second-order valence-corrected chi connectivity index (χ2v) is 7.36. The SMILES string of the molecule is CC(=O)N1CCCc2cc(NS(=O)(=O)c3ccc(F)cc3)ccc21. The monoisotopic (exact) mass is 348 g/mol. The summed E-state index contributed by atoms with van der Waals surface area (Å²) >= 11 is 0. The molecule has 7 heteroatoms. The molecule has 0 atom stereocenters. The molecule has 126 valence electrons. The molecule has 0 fully saturated rings. The van der Waals surface area contributed by atoms with E-state index in [0.29, 0.717) is 12.2 Å². The van der Waals surface area contributed by atoms with Gasteiger partial charge in [-0.1, -0.05) is 0 Å². The van der Waals surface area contributed by atoms with Crippen molar-refractivity contribution >= 4 is 27.3 Å². The molecule has 5 nitrogen and oxygen atoms in total. The Kier molecular flexibility index (Phi) is 4.28. The van der Waals surface area contributed by atoms with E-state index in [1.54, 1.807) is 23.1 Å². The second-order valence-electron chi connectivity index (χ2n) is 5.68. The van der Waals surface area contributed by atoms with E-state index in [0.717, 1.165) is 36.2 Å². The maximum absolute atomic E-state index is 12.9. The summed E-state index contributed by atoms with van der Waals surface area (Å²) in [5, 5.41) is 0. The number of sulfonamides is 1. The van der Waals surface area contributed by atoms with Crippen molar-refractivity contribution in [3.8, 4) is 0 Å². The number of nitrogens with zero attached hydrogens (tertiary/aromatic N) is 1. The molecule has 0 radical (unpaired) electrons. The fourth-order valence-corrected chi connectivity index (χ4v) is 3.87. The lowest BCUT2D eigenvalue weighted by atomic mass is 10.0. The van der Waals surface area contributed by atoms with Gasteiger partial charge in [0.2, 0.25) is 5.91 Å². The highest BCUT2D eigenvalue weighted by Gasteiger charge is 2.21. The third kappa shape index (κ3) is 3.26. The van der Waals surface area contributed by atoms with Crippen LogP contribution in [0.2, 0.25) is 0 Å². The number of benzene rings is 2. The normalized spacial score (nSPS) is 14.2. The molecule has 0 aromatic heterocycles. The van der Waals surface area contributed by atoms with Gasteiger partial charge in [-0.3, -0.25) is 9.52 Å². The minimum absolute atomic E-state index is 0.00742. The number of aryl methyl sites for hydroxylation is 1. The van der Waals surface area contributed by atoms with Crippen LogP contribution in [0.15, 0.2) is 47.4 Å². The van der Waals surface area contributed by atoms with Gasteiger partial charge in [0.05, 0.1) is 4.90 Å². The standard InChI is InChI=1S/C17H17FN2O3S/c1-12(21)20-10-2-3-13-11-15(6-9-17(13)20)19-24(22,23)16-7-4-14(18)5-8-16/h4-9,11,19H,2-3,10H2,1H3. The third-order valence-corrected chi connectivity index (χ3v) is 5.35. The number of halogens is 1. The smallest absolute Gasteiger partial charge is 0.261 e. The number of rotatable bonds is 3. The Balaban J connectivity index is 1.89. The van der Waals surface area contributed by atoms with Crippen LogP contribution < -0.4 is 9.62 Å². The van der Waals surface area contributed by atoms with Crippen molar-refractivity contribution in [3.05, 3.63) is 53.8 Å². The Morgan fingerprint density at radius 1 is 1.17 bits per heavy atom. The van der Waals surface area contributed by atoms with Crippen molar-refractivity contribution < 1.29 is 17.6 Å². The predicted molar refractivity (Wildman–Crippen MR) is 90.0 cm³/mol. The molecule has 1 aliphatic rings. The van der Waals surface area contributed by atoms with E-state index in [4.69, 9.17) is 0 Å². The summed E-state index contributed by atoms with van der Waals surface area (Å²) < 4.78 is 40.2. The summed E-state index contributed by atoms with van der Waals surface area (Å²) in [4.78, 5) is 13.4. The van der Waals surface area contributed by atoms with Gasteiger partial charge in [-0.25, -0.2) is 12.8 Å². The van der Waals surface area contributed by atoms with Gasteiger partial charge in [0, 0.05) is 24.8 Å². The Hall–Kier alpha value is -2.41. The lowest BCUT2D eigenvalue weighted by molar-refractivity contribution is -0.116. The van der Waals surface area contributed by atoms with Crippen LogP contribution in [0, 0.1) is 5.82 Å². The van der Waals surface area contributed by atoms with Crippen LogP contribution >= 0.6 is 0 Å². The average molecular weight is 348 g/mol. The van der Waals surface area contributed by atoms with Crippen LogP contribution in [0.25, 0.3) is 0 Å². The zero-order chi connectivity index (χ0) is 17.3. The average Bonchev–Trinajstić information content (AvgIpc) is 2.54. The van der Waals surface area contributed by atoms with E-state index < -0.39 is 15.8 Å². The lowest BCUT2D eigenvalue weighted by Gasteiger charge is -2.29. The van der Waals surface area contributed by atoms with Crippen LogP contribution in [0.3, 0.4) is 0 Å². The minimum atomic E-state index is -3.78. The number of carbonyl (C=O) groups excluding carboxylic acids is 1. The summed E-state index contributed by atoms with van der Waals surface area (Å²) in [5.41, 5.74) is 2.16. The first-order chi connectivity index (χ1) is 11.4. The highest BCUT2D eigenvalue weighted by atomic mass is 32.2. The number of nitrogens with one attached hydrogen (secondary N) is 1. The number of hydrogen-bond donors (Lipinski definition) is 1. The summed E-state index contributed by atoms with van der Waals surface area (Å²) in [6.07, 6.45) is 1.62. The van der Waals surface area contributed by atoms with Gasteiger partial charge in [-0.05, 0) is 60.9 Å². The van der Waals surface area contributed by atoms with E-state index in [1.807, 2.05) is 0 Å². The maximum Gasteiger partial charge on any atom is 0.261 e. The number of anilines is 2. The van der Waals surface area contributed by atoms with Crippen molar-refractivity contribution in [2.45, 2.75) is 24.7 Å². The van der Waals surface area contributed by atoms with Gasteiger partial charge in [-0.15, -0.1) is 0 Å². The Morgan fingerprint density at radius 3 is 2.54 bits per heavy atom. The summed E-state index contributed by atoms with van der Waals surface area (Å²) in [7, 11) is -3.78. The fourth-order valence-electron chi connectivity index (χ4n) is 2.82. The van der Waals surface area contributed by atoms with Gasteiger partial charge in [-0.2, -0.15) is 0 Å². The van der Waals surface area contributed by atoms with E-state index >= 15 is 0 Å². The molecular weight excluding hydrogens is 331 g/mol. The molecule has 1 heterocycles. The van der Waals surface area contributed by atoms with Gasteiger partial charge in [0.1, 0.15) is 5.82 Å². The largest absolute Gasteiger partial charge is 0.312 e. The van der Waals surface area contributed by atoms with Crippen LogP contribution in [0.5, 0.6) is 0 Å². The molecule has 2 aromatic rings. The minimum Gasteiger partial charge on any atom is -0.312 e. The first-order valence-corrected chi connectivity index (χ1v) is 9.04. The molecule has 0 saturated heterocycles. The zero-order valence-corrected chi connectivity index (χ0v) is 13.9. The van der Waals surface area contributed by atoms with Gasteiger partial charge in [0.25, 0.3) is 10.0 Å². The molecular formula is C17H17FN2O3S. The van der Waals surface area contributed by atoms with Crippen molar-refractivity contribution in [3.63, 3.8) is 0 Å². The first-order valence-electron chi connectivity index (χ1n) is 7.56. The molecule has 24 heavy (non-hydrogen) atoms. The molecule has 3 rings (SSSR count). The number of fused-ring (bicyclic) bond motifs is 1. The predicted octanol–water partition coefficient (Wildman–Crippen LogP) is 2.93. The summed E-state index contributed by atoms with van der Waals surface area (Å²) in [5.74, 6) is -0.525. The van der Waals surface area contributed by atoms with Crippen LogP contribution in [-0.4, -0.2) is 20.9 Å². The highest BCUT2D eigenvalue weighted by molar-refractivity contribution is 7.92. The number of carbonyl (C=O) groups is 1. The van der Waals surface area contributed by atoms with E-state index in [-0.39, 0.29) is 10.8 Å². The molecule has 0 bridgehead atoms. The summed E-state index contributed by atoms with van der Waals surface area (Å²) in [6, 6.07) is 9.75. The van der Waals surface area contributed by atoms with Gasteiger partial charge >= 0.3 is 0 Å². The third-order valence-electron chi connectivity index (χ3n) is 3.95. The molecule has 0 spiro atoms. The molecule has 1 amide bonds. The highest BCUT2D eigenvalue weighted by Crippen LogP contribution is 2.30. The molecule has 0 unspecified atom stereocenters. The Morgan fingerprint density at radius 2 is 1.88 bits per heavy atom. The van der Waals surface area contributed by atoms with E-state index in [9.17, 15) is 17.6 Å². The van der Waals surface area contributed by atoms with Crippen molar-refractivity contribution in [1.29, 1.82) is 0 Å². The van der Waals surface area contributed by atoms with Crippen LogP contribution in [0.1, 0.15) is 18.9 Å². The lowest BCUT2D eigenvalue weighted by Crippen LogP contribution is -2.33. The van der Waals surface area contributed by atoms with Crippen molar-refractivity contribution in [1.82, 2.24) is 0 Å². The Labute approximate surface area is 140 Å². The van der Waals surface area contributed by atoms with E-state index in [2.05, 4.69) is 4.72 Å². The molecule has 0 aliphatic carbocycles. The number of hydrogen-bond acceptors (Lipinski definition) is 3. The molecule has 1 N–H and O–H groups in total. The van der Waals surface area contributed by atoms with Crippen molar-refractivity contribution in [2.75, 3.05) is 16.2 Å². The topological polar surface area (TPSA) is 66.5 Å². The quantitative estimate of drug-likeness (QED) is 0.927. The van der Waals surface area contributed by atoms with Gasteiger partial charge in [0.15, 0.2) is 0 Å². The summed E-state index contributed by atoms with van der Waals surface area (Å²) in [6.45, 7) is 2.18. The van der Waals surface area contributed by atoms with Crippen molar-refractivity contribution in [2.24, 2.45) is 0 Å². The van der Waals surface area contributed by atoms with E-state index in [1.165, 1.54) is 19.1 Å². The second kappa shape index (κ2) is 6.24. The van der Waals surface area contributed by atoms with Crippen LogP contribution in [0.4, 0.5) is 15.8 Å².